The fraction of sp³-hybridized carbons (Fsp3) is 0.167. The highest BCUT2D eigenvalue weighted by Crippen LogP contribution is 2.17. The predicted molar refractivity (Wildman–Crippen MR) is 99.1 cm³/mol. The lowest BCUT2D eigenvalue weighted by Crippen LogP contribution is -2.31. The van der Waals surface area contributed by atoms with Crippen LogP contribution in [0.4, 0.5) is 21.0 Å². The Morgan fingerprint density at radius 3 is 2.35 bits per heavy atom. The molecule has 0 saturated heterocycles. The first-order valence-electron chi connectivity index (χ1n) is 8.02. The molecule has 1 aromatic heterocycles. The number of nitrogens with zero attached hydrogens (tertiary/aromatic N) is 1. The Hall–Kier alpha value is -3.55. The Labute approximate surface area is 150 Å². The fourth-order valence-corrected chi connectivity index (χ4v) is 2.42. The average Bonchev–Trinajstić information content (AvgIpc) is 3.07. The smallest absolute Gasteiger partial charge is 0.411 e. The van der Waals surface area contributed by atoms with Gasteiger partial charge in [0.05, 0.1) is 24.2 Å². The molecule has 0 radical (unpaired) electrons. The molecule has 1 heterocycles. The summed E-state index contributed by atoms with van der Waals surface area (Å²) in [6.07, 6.45) is -0.553. The quantitative estimate of drug-likeness (QED) is 0.574. The summed E-state index contributed by atoms with van der Waals surface area (Å²) < 4.78 is 4.52. The molecule has 0 aliphatic carbocycles. The lowest BCUT2D eigenvalue weighted by atomic mass is 10.3. The number of nitrogens with one attached hydrogen (secondary N) is 4. The summed E-state index contributed by atoms with van der Waals surface area (Å²) in [6.45, 7) is 1.85. The molecule has 3 rings (SSSR count). The number of amides is 3. The van der Waals surface area contributed by atoms with E-state index in [1.807, 2.05) is 31.2 Å². The number of hydrogen-bond acceptors (Lipinski definition) is 4. The summed E-state index contributed by atoms with van der Waals surface area (Å²) in [7, 11) is 1.29. The van der Waals surface area contributed by atoms with E-state index in [0.717, 1.165) is 11.0 Å². The van der Waals surface area contributed by atoms with Gasteiger partial charge in [-0.15, -0.1) is 0 Å². The van der Waals surface area contributed by atoms with Crippen molar-refractivity contribution >= 4 is 34.5 Å². The molecule has 0 aliphatic rings. The second-order valence-electron chi connectivity index (χ2n) is 5.65. The van der Waals surface area contributed by atoms with E-state index in [1.54, 1.807) is 24.3 Å². The predicted octanol–water partition coefficient (Wildman–Crippen LogP) is 3.62. The summed E-state index contributed by atoms with van der Waals surface area (Å²) >= 11 is 0. The maximum Gasteiger partial charge on any atom is 0.411 e. The van der Waals surface area contributed by atoms with Crippen LogP contribution in [0, 0.1) is 0 Å². The van der Waals surface area contributed by atoms with Crippen molar-refractivity contribution in [2.45, 2.75) is 13.0 Å². The SMILES string of the molecule is COC(=O)Nc1ccc(NC(=O)NC(C)c2nc3ccccc3[nH]2)cc1. The van der Waals surface area contributed by atoms with E-state index in [1.165, 1.54) is 7.11 Å². The first-order valence-corrected chi connectivity index (χ1v) is 8.02. The van der Waals surface area contributed by atoms with E-state index in [9.17, 15) is 9.59 Å². The van der Waals surface area contributed by atoms with Crippen molar-refractivity contribution in [3.8, 4) is 0 Å². The number of para-hydroxylation sites is 2. The first kappa shape index (κ1) is 17.3. The molecule has 8 nitrogen and oxygen atoms in total. The number of fused-ring (bicyclic) bond motifs is 1. The van der Waals surface area contributed by atoms with Crippen LogP contribution in [-0.4, -0.2) is 29.2 Å². The third-order valence-electron chi connectivity index (χ3n) is 3.74. The molecule has 134 valence electrons. The van der Waals surface area contributed by atoms with Gasteiger partial charge in [-0.1, -0.05) is 12.1 Å². The molecule has 0 saturated carbocycles. The number of rotatable bonds is 4. The van der Waals surface area contributed by atoms with Crippen LogP contribution < -0.4 is 16.0 Å². The van der Waals surface area contributed by atoms with Crippen LogP contribution in [0.15, 0.2) is 48.5 Å². The summed E-state index contributed by atoms with van der Waals surface area (Å²) in [4.78, 5) is 31.0. The monoisotopic (exact) mass is 353 g/mol. The van der Waals surface area contributed by atoms with E-state index in [-0.39, 0.29) is 12.1 Å². The highest BCUT2D eigenvalue weighted by atomic mass is 16.5. The van der Waals surface area contributed by atoms with Gasteiger partial charge < -0.3 is 20.4 Å². The first-order chi connectivity index (χ1) is 12.5. The molecule has 8 heteroatoms. The highest BCUT2D eigenvalue weighted by Gasteiger charge is 2.13. The largest absolute Gasteiger partial charge is 0.453 e. The number of imidazole rings is 1. The number of benzene rings is 2. The molecule has 3 amide bonds. The van der Waals surface area contributed by atoms with Gasteiger partial charge in [0, 0.05) is 11.4 Å². The fourth-order valence-electron chi connectivity index (χ4n) is 2.42. The average molecular weight is 353 g/mol. The van der Waals surface area contributed by atoms with Gasteiger partial charge in [0.15, 0.2) is 0 Å². The van der Waals surface area contributed by atoms with E-state index in [4.69, 9.17) is 0 Å². The molecule has 2 aromatic carbocycles. The second kappa shape index (κ2) is 7.56. The molecule has 0 aliphatic heterocycles. The lowest BCUT2D eigenvalue weighted by Gasteiger charge is -2.13. The molecule has 4 N–H and O–H groups in total. The maximum atomic E-state index is 12.2. The van der Waals surface area contributed by atoms with Crippen LogP contribution in [0.5, 0.6) is 0 Å². The number of carbonyl (C=O) groups excluding carboxylic acids is 2. The van der Waals surface area contributed by atoms with Crippen LogP contribution in [-0.2, 0) is 4.74 Å². The van der Waals surface area contributed by atoms with Crippen molar-refractivity contribution in [2.24, 2.45) is 0 Å². The molecule has 0 fully saturated rings. The highest BCUT2D eigenvalue weighted by molar-refractivity contribution is 5.90. The van der Waals surface area contributed by atoms with Crippen LogP contribution >= 0.6 is 0 Å². The van der Waals surface area contributed by atoms with E-state index >= 15 is 0 Å². The zero-order valence-electron chi connectivity index (χ0n) is 14.4. The number of H-pyrrole nitrogens is 1. The van der Waals surface area contributed by atoms with Crippen molar-refractivity contribution in [3.63, 3.8) is 0 Å². The number of urea groups is 1. The molecular formula is C18H19N5O3. The van der Waals surface area contributed by atoms with Crippen LogP contribution in [0.3, 0.4) is 0 Å². The summed E-state index contributed by atoms with van der Waals surface area (Å²) in [6, 6.07) is 13.7. The van der Waals surface area contributed by atoms with Crippen molar-refractivity contribution < 1.29 is 14.3 Å². The van der Waals surface area contributed by atoms with Gasteiger partial charge in [-0.2, -0.15) is 0 Å². The maximum absolute atomic E-state index is 12.2. The third kappa shape index (κ3) is 4.10. The van der Waals surface area contributed by atoms with Crippen molar-refractivity contribution in [3.05, 3.63) is 54.4 Å². The Balaban J connectivity index is 1.58. The minimum Gasteiger partial charge on any atom is -0.453 e. The Morgan fingerprint density at radius 2 is 1.69 bits per heavy atom. The minimum absolute atomic E-state index is 0.289. The normalized spacial score (nSPS) is 11.6. The van der Waals surface area contributed by atoms with Gasteiger partial charge in [0.25, 0.3) is 0 Å². The molecule has 3 aromatic rings. The van der Waals surface area contributed by atoms with Crippen molar-refractivity contribution in [2.75, 3.05) is 17.7 Å². The number of hydrogen-bond donors (Lipinski definition) is 4. The Bertz CT molecular complexity index is 887. The summed E-state index contributed by atoms with van der Waals surface area (Å²) in [5.41, 5.74) is 2.93. The number of methoxy groups -OCH3 is 1. The van der Waals surface area contributed by atoms with Crippen LogP contribution in [0.2, 0.25) is 0 Å². The van der Waals surface area contributed by atoms with Gasteiger partial charge in [-0.25, -0.2) is 14.6 Å². The number of aromatic amines is 1. The zero-order chi connectivity index (χ0) is 18.5. The standard InChI is InChI=1S/C18H19N5O3/c1-11(16-22-14-5-3-4-6-15(14)23-16)19-17(24)20-12-7-9-13(10-8-12)21-18(25)26-2/h3-11H,1-2H3,(H,21,25)(H,22,23)(H2,19,20,24). The summed E-state index contributed by atoms with van der Waals surface area (Å²) in [5, 5.41) is 8.10. The number of carbonyl (C=O) groups is 2. The molecule has 0 spiro atoms. The van der Waals surface area contributed by atoms with Gasteiger partial charge >= 0.3 is 12.1 Å². The topological polar surface area (TPSA) is 108 Å². The Morgan fingerprint density at radius 1 is 1.04 bits per heavy atom. The number of anilines is 2. The number of ether oxygens (including phenoxy) is 1. The van der Waals surface area contributed by atoms with Gasteiger partial charge in [0.1, 0.15) is 5.82 Å². The molecule has 1 atom stereocenters. The van der Waals surface area contributed by atoms with Crippen molar-refractivity contribution in [1.29, 1.82) is 0 Å². The second-order valence-corrected chi connectivity index (χ2v) is 5.65. The molecular weight excluding hydrogens is 334 g/mol. The van der Waals surface area contributed by atoms with Crippen LogP contribution in [0.25, 0.3) is 11.0 Å². The zero-order valence-corrected chi connectivity index (χ0v) is 14.4. The van der Waals surface area contributed by atoms with Gasteiger partial charge in [0.2, 0.25) is 0 Å². The molecule has 0 bridgehead atoms. The van der Waals surface area contributed by atoms with Crippen molar-refractivity contribution in [1.82, 2.24) is 15.3 Å². The van der Waals surface area contributed by atoms with E-state index < -0.39 is 6.09 Å². The third-order valence-corrected chi connectivity index (χ3v) is 3.74. The van der Waals surface area contributed by atoms with Gasteiger partial charge in [-0.3, -0.25) is 5.32 Å². The van der Waals surface area contributed by atoms with Crippen LogP contribution in [0.1, 0.15) is 18.8 Å². The van der Waals surface area contributed by atoms with E-state index in [2.05, 4.69) is 30.7 Å². The van der Waals surface area contributed by atoms with E-state index in [0.29, 0.717) is 17.2 Å². The van der Waals surface area contributed by atoms with Gasteiger partial charge in [-0.05, 0) is 43.3 Å². The lowest BCUT2D eigenvalue weighted by molar-refractivity contribution is 0.187. The number of aromatic nitrogens is 2. The summed E-state index contributed by atoms with van der Waals surface area (Å²) in [5.74, 6) is 0.680. The molecule has 26 heavy (non-hydrogen) atoms. The Kier molecular flexibility index (Phi) is 5.02. The molecule has 1 unspecified atom stereocenters. The minimum atomic E-state index is -0.553.